The van der Waals surface area contributed by atoms with Crippen molar-refractivity contribution in [3.8, 4) is 11.1 Å². The average Bonchev–Trinajstić information content (AvgIpc) is 2.92. The lowest BCUT2D eigenvalue weighted by Crippen LogP contribution is -2.27. The van der Waals surface area contributed by atoms with Gasteiger partial charge in [-0.1, -0.05) is 12.1 Å². The second-order valence-corrected chi connectivity index (χ2v) is 5.94. The van der Waals surface area contributed by atoms with E-state index >= 15 is 0 Å². The Labute approximate surface area is 129 Å². The number of hydrogen-bond acceptors (Lipinski definition) is 4. The van der Waals surface area contributed by atoms with Crippen LogP contribution in [0, 0.1) is 5.82 Å². The van der Waals surface area contributed by atoms with Gasteiger partial charge in [0.1, 0.15) is 10.6 Å². The maximum Gasteiger partial charge on any atom is 0.263 e. The van der Waals surface area contributed by atoms with E-state index in [1.807, 2.05) is 5.38 Å². The number of thiophene rings is 1. The molecule has 112 valence electrons. The molecule has 22 heavy (non-hydrogen) atoms. The van der Waals surface area contributed by atoms with Gasteiger partial charge in [-0.3, -0.25) is 14.2 Å². The number of carbonyl (C=O) groups excluding carboxylic acids is 1. The highest BCUT2D eigenvalue weighted by atomic mass is 32.1. The van der Waals surface area contributed by atoms with Gasteiger partial charge in [0.2, 0.25) is 0 Å². The van der Waals surface area contributed by atoms with Gasteiger partial charge in [-0.15, -0.1) is 11.3 Å². The summed E-state index contributed by atoms with van der Waals surface area (Å²) in [6, 6.07) is 5.40. The maximum absolute atomic E-state index is 13.1. The molecule has 0 bridgehead atoms. The lowest BCUT2D eigenvalue weighted by atomic mass is 10.1. The van der Waals surface area contributed by atoms with Crippen LogP contribution in [0.1, 0.15) is 19.9 Å². The maximum atomic E-state index is 13.1. The molecule has 0 spiro atoms. The van der Waals surface area contributed by atoms with Crippen LogP contribution in [0.5, 0.6) is 0 Å². The normalized spacial score (nSPS) is 12.5. The second-order valence-electron chi connectivity index (χ2n) is 5.08. The van der Waals surface area contributed by atoms with Crippen LogP contribution in [0.4, 0.5) is 4.39 Å². The summed E-state index contributed by atoms with van der Waals surface area (Å²) in [7, 11) is 0. The molecule has 2 heterocycles. The SMILES string of the molecule is CC(=O)C(C)n1cnc2scc(-c3ccc(F)cc3)c2c1=O. The number of nitrogens with zero attached hydrogens (tertiary/aromatic N) is 2. The minimum absolute atomic E-state index is 0.109. The third-order valence-corrected chi connectivity index (χ3v) is 4.57. The number of rotatable bonds is 3. The fourth-order valence-corrected chi connectivity index (χ4v) is 3.17. The van der Waals surface area contributed by atoms with E-state index in [9.17, 15) is 14.0 Å². The highest BCUT2D eigenvalue weighted by Crippen LogP contribution is 2.30. The lowest BCUT2D eigenvalue weighted by Gasteiger charge is -2.11. The summed E-state index contributed by atoms with van der Waals surface area (Å²) in [6.07, 6.45) is 1.40. The molecule has 0 aliphatic heterocycles. The minimum atomic E-state index is -0.564. The Morgan fingerprint density at radius 2 is 2.00 bits per heavy atom. The molecule has 6 heteroatoms. The Morgan fingerprint density at radius 3 is 2.64 bits per heavy atom. The quantitative estimate of drug-likeness (QED) is 0.744. The van der Waals surface area contributed by atoms with E-state index in [0.717, 1.165) is 5.56 Å². The number of ketones is 1. The fraction of sp³-hybridized carbons (Fsp3) is 0.188. The molecule has 0 saturated carbocycles. The number of carbonyl (C=O) groups is 1. The molecule has 0 radical (unpaired) electrons. The Morgan fingerprint density at radius 1 is 1.32 bits per heavy atom. The summed E-state index contributed by atoms with van der Waals surface area (Å²) < 4.78 is 14.4. The molecule has 1 atom stereocenters. The first kappa shape index (κ1) is 14.6. The van der Waals surface area contributed by atoms with Crippen molar-refractivity contribution in [1.29, 1.82) is 0 Å². The van der Waals surface area contributed by atoms with Crippen LogP contribution in [-0.4, -0.2) is 15.3 Å². The number of benzene rings is 1. The van der Waals surface area contributed by atoms with Crippen molar-refractivity contribution in [1.82, 2.24) is 9.55 Å². The summed E-state index contributed by atoms with van der Waals surface area (Å²) in [5.41, 5.74) is 1.20. The standard InChI is InChI=1S/C16H13FN2O2S/c1-9(10(2)20)19-8-18-15-14(16(19)21)13(7-22-15)11-3-5-12(17)6-4-11/h3-9H,1-2H3. The molecule has 0 N–H and O–H groups in total. The molecule has 1 unspecified atom stereocenters. The van der Waals surface area contributed by atoms with Crippen molar-refractivity contribution in [3.05, 3.63) is 52.1 Å². The molecular formula is C16H13FN2O2S. The van der Waals surface area contributed by atoms with Gasteiger partial charge < -0.3 is 0 Å². The van der Waals surface area contributed by atoms with E-state index in [-0.39, 0.29) is 17.2 Å². The molecule has 3 rings (SSSR count). The van der Waals surface area contributed by atoms with Crippen LogP contribution in [0.2, 0.25) is 0 Å². The van der Waals surface area contributed by atoms with Gasteiger partial charge in [0.05, 0.1) is 17.8 Å². The molecular weight excluding hydrogens is 303 g/mol. The summed E-state index contributed by atoms with van der Waals surface area (Å²) in [4.78, 5) is 29.1. The Balaban J connectivity index is 2.25. The van der Waals surface area contributed by atoms with Gasteiger partial charge >= 0.3 is 0 Å². The van der Waals surface area contributed by atoms with E-state index in [0.29, 0.717) is 15.8 Å². The molecule has 0 fully saturated rings. The monoisotopic (exact) mass is 316 g/mol. The van der Waals surface area contributed by atoms with E-state index in [1.54, 1.807) is 19.1 Å². The zero-order chi connectivity index (χ0) is 15.9. The van der Waals surface area contributed by atoms with E-state index < -0.39 is 6.04 Å². The van der Waals surface area contributed by atoms with Crippen molar-refractivity contribution in [3.63, 3.8) is 0 Å². The number of Topliss-reactive ketones (excluding diaryl/α,β-unsaturated/α-hetero) is 1. The number of fused-ring (bicyclic) bond motifs is 1. The number of hydrogen-bond donors (Lipinski definition) is 0. The van der Waals surface area contributed by atoms with Crippen LogP contribution >= 0.6 is 11.3 Å². The van der Waals surface area contributed by atoms with Crippen LogP contribution in [0.3, 0.4) is 0 Å². The largest absolute Gasteiger partial charge is 0.298 e. The van der Waals surface area contributed by atoms with Crippen LogP contribution in [0.25, 0.3) is 21.3 Å². The zero-order valence-electron chi connectivity index (χ0n) is 12.0. The van der Waals surface area contributed by atoms with Crippen molar-refractivity contribution in [2.24, 2.45) is 0 Å². The fourth-order valence-electron chi connectivity index (χ4n) is 2.26. The third-order valence-electron chi connectivity index (χ3n) is 3.68. The molecule has 4 nitrogen and oxygen atoms in total. The second kappa shape index (κ2) is 5.46. The van der Waals surface area contributed by atoms with Crippen molar-refractivity contribution < 1.29 is 9.18 Å². The van der Waals surface area contributed by atoms with E-state index in [4.69, 9.17) is 0 Å². The first-order valence-corrected chi connectivity index (χ1v) is 7.61. The minimum Gasteiger partial charge on any atom is -0.298 e. The van der Waals surface area contributed by atoms with Gasteiger partial charge in [-0.05, 0) is 31.5 Å². The Bertz CT molecular complexity index is 912. The molecule has 3 aromatic rings. The molecule has 0 aliphatic carbocycles. The smallest absolute Gasteiger partial charge is 0.263 e. The van der Waals surface area contributed by atoms with Crippen LogP contribution in [-0.2, 0) is 4.79 Å². The summed E-state index contributed by atoms with van der Waals surface area (Å²) in [6.45, 7) is 3.11. The Hall–Kier alpha value is -2.34. The summed E-state index contributed by atoms with van der Waals surface area (Å²) in [5, 5.41) is 2.29. The van der Waals surface area contributed by atoms with Crippen molar-refractivity contribution >= 4 is 27.3 Å². The Kier molecular flexibility index (Phi) is 3.62. The zero-order valence-corrected chi connectivity index (χ0v) is 12.9. The van der Waals surface area contributed by atoms with Gasteiger partial charge in [-0.25, -0.2) is 9.37 Å². The summed E-state index contributed by atoms with van der Waals surface area (Å²) in [5.74, 6) is -0.439. The van der Waals surface area contributed by atoms with E-state index in [2.05, 4.69) is 4.98 Å². The molecule has 0 aliphatic rings. The highest BCUT2D eigenvalue weighted by Gasteiger charge is 2.17. The van der Waals surface area contributed by atoms with Crippen LogP contribution < -0.4 is 5.56 Å². The predicted octanol–water partition coefficient (Wildman–Crippen LogP) is 3.41. The van der Waals surface area contributed by atoms with Crippen molar-refractivity contribution in [2.75, 3.05) is 0 Å². The predicted molar refractivity (Wildman–Crippen MR) is 84.7 cm³/mol. The van der Waals surface area contributed by atoms with Gasteiger partial charge in [-0.2, -0.15) is 0 Å². The molecule has 2 aromatic heterocycles. The molecule has 0 saturated heterocycles. The van der Waals surface area contributed by atoms with E-state index in [1.165, 1.54) is 41.3 Å². The molecule has 1 aromatic carbocycles. The van der Waals surface area contributed by atoms with Crippen molar-refractivity contribution in [2.45, 2.75) is 19.9 Å². The van der Waals surface area contributed by atoms with Crippen LogP contribution in [0.15, 0.2) is 40.8 Å². The molecule has 0 amide bonds. The first-order chi connectivity index (χ1) is 10.5. The third kappa shape index (κ3) is 2.35. The first-order valence-electron chi connectivity index (χ1n) is 6.73. The van der Waals surface area contributed by atoms with Gasteiger partial charge in [0.25, 0.3) is 5.56 Å². The topological polar surface area (TPSA) is 52.0 Å². The highest BCUT2D eigenvalue weighted by molar-refractivity contribution is 7.17. The van der Waals surface area contributed by atoms with Gasteiger partial charge in [0.15, 0.2) is 5.78 Å². The number of aromatic nitrogens is 2. The summed E-state index contributed by atoms with van der Waals surface area (Å²) >= 11 is 1.35. The average molecular weight is 316 g/mol. The lowest BCUT2D eigenvalue weighted by molar-refractivity contribution is -0.119. The number of halogens is 1. The van der Waals surface area contributed by atoms with Gasteiger partial charge in [0, 0.05) is 10.9 Å².